The molecule has 0 aliphatic heterocycles. The largest absolute Gasteiger partial charge is 0.393 e. The molecule has 4 saturated carbocycles. The van der Waals surface area contributed by atoms with Crippen molar-refractivity contribution in [3.05, 3.63) is 0 Å². The zero-order chi connectivity index (χ0) is 17.6. The minimum Gasteiger partial charge on any atom is -0.393 e. The molecule has 0 radical (unpaired) electrons. The first-order valence-electron chi connectivity index (χ1n) is 10.3. The number of hydrogen-bond acceptors (Lipinski definition) is 4. The zero-order valence-corrected chi connectivity index (χ0v) is 17.5. The second-order valence-electron chi connectivity index (χ2n) is 7.75. The van der Waals surface area contributed by atoms with Crippen LogP contribution in [0.5, 0.6) is 0 Å². The van der Waals surface area contributed by atoms with E-state index < -0.39 is 0 Å². The fourth-order valence-corrected chi connectivity index (χ4v) is 3.62. The van der Waals surface area contributed by atoms with Crippen LogP contribution in [-0.2, 0) is 21.7 Å². The van der Waals surface area contributed by atoms with Crippen molar-refractivity contribution in [1.29, 1.82) is 0 Å². The third kappa shape index (κ3) is 15.3. The van der Waals surface area contributed by atoms with Crippen molar-refractivity contribution in [2.75, 3.05) is 0 Å². The van der Waals surface area contributed by atoms with Crippen molar-refractivity contribution < 1.29 is 42.1 Å². The minimum atomic E-state index is 0. The van der Waals surface area contributed by atoms with E-state index in [4.69, 9.17) is 20.4 Å². The van der Waals surface area contributed by atoms with Gasteiger partial charge in [0.15, 0.2) is 0 Å². The van der Waals surface area contributed by atoms with Crippen molar-refractivity contribution in [3.8, 4) is 0 Å². The van der Waals surface area contributed by atoms with Crippen molar-refractivity contribution in [2.24, 2.45) is 0 Å². The second kappa shape index (κ2) is 16.7. The summed E-state index contributed by atoms with van der Waals surface area (Å²) in [6.45, 7) is 0. The van der Waals surface area contributed by atoms with E-state index in [2.05, 4.69) is 0 Å². The molecule has 0 amide bonds. The molecule has 4 nitrogen and oxygen atoms in total. The molecule has 0 atom stereocenters. The number of aliphatic hydroxyl groups excluding tert-OH is 4. The standard InChI is InChI=1S/4C5H10O.Ti/c4*6-5-3-1-2-4-5;/h4*5-6H,1-4H2;. The molecule has 0 spiro atoms. The molecule has 148 valence electrons. The molecule has 0 aromatic carbocycles. The third-order valence-corrected chi connectivity index (χ3v) is 5.30. The van der Waals surface area contributed by atoms with Gasteiger partial charge in [0.1, 0.15) is 0 Å². The first-order chi connectivity index (χ1) is 11.6. The molecular formula is C20H40O4Ti. The molecule has 5 heteroatoms. The van der Waals surface area contributed by atoms with E-state index in [0.717, 1.165) is 51.4 Å². The Kier molecular flexibility index (Phi) is 17.1. The van der Waals surface area contributed by atoms with E-state index in [0.29, 0.717) is 0 Å². The summed E-state index contributed by atoms with van der Waals surface area (Å²) in [5.74, 6) is 0. The molecule has 4 aliphatic carbocycles. The van der Waals surface area contributed by atoms with Gasteiger partial charge in [0.2, 0.25) is 0 Å². The van der Waals surface area contributed by atoms with Gasteiger partial charge >= 0.3 is 0 Å². The Labute approximate surface area is 169 Å². The predicted octanol–water partition coefficient (Wildman–Crippen LogP) is 3.68. The van der Waals surface area contributed by atoms with Crippen LogP contribution in [0.4, 0.5) is 0 Å². The molecule has 4 aliphatic rings. The summed E-state index contributed by atoms with van der Waals surface area (Å²) in [6, 6.07) is 0. The summed E-state index contributed by atoms with van der Waals surface area (Å²) in [5.41, 5.74) is 0. The SMILES string of the molecule is OC1CCCC1.OC1CCCC1.OC1CCCC1.OC1CCCC1.[Ti]. The monoisotopic (exact) mass is 392 g/mol. The fourth-order valence-electron chi connectivity index (χ4n) is 3.62. The van der Waals surface area contributed by atoms with Gasteiger partial charge in [0.25, 0.3) is 0 Å². The van der Waals surface area contributed by atoms with Gasteiger partial charge < -0.3 is 20.4 Å². The van der Waals surface area contributed by atoms with E-state index in [1.54, 1.807) is 0 Å². The quantitative estimate of drug-likeness (QED) is 0.474. The summed E-state index contributed by atoms with van der Waals surface area (Å²) in [5, 5.41) is 34.9. The fraction of sp³-hybridized carbons (Fsp3) is 1.00. The average molecular weight is 392 g/mol. The van der Waals surface area contributed by atoms with Gasteiger partial charge in [-0.1, -0.05) is 51.4 Å². The Morgan fingerprint density at radius 1 is 0.320 bits per heavy atom. The van der Waals surface area contributed by atoms with Gasteiger partial charge in [-0.2, -0.15) is 0 Å². The Morgan fingerprint density at radius 2 is 0.440 bits per heavy atom. The smallest absolute Gasteiger partial charge is 0.0540 e. The van der Waals surface area contributed by atoms with E-state index >= 15 is 0 Å². The molecule has 4 fully saturated rings. The van der Waals surface area contributed by atoms with Crippen molar-refractivity contribution >= 4 is 0 Å². The molecule has 0 aromatic rings. The van der Waals surface area contributed by atoms with Gasteiger partial charge in [-0.25, -0.2) is 0 Å². The maximum absolute atomic E-state index is 8.73. The van der Waals surface area contributed by atoms with Gasteiger partial charge in [0, 0.05) is 21.7 Å². The van der Waals surface area contributed by atoms with E-state index in [1.807, 2.05) is 0 Å². The first kappa shape index (κ1) is 25.6. The van der Waals surface area contributed by atoms with Crippen LogP contribution in [-0.4, -0.2) is 44.8 Å². The average Bonchev–Trinajstić information content (AvgIpc) is 3.31. The maximum atomic E-state index is 8.73. The molecule has 0 aromatic heterocycles. The van der Waals surface area contributed by atoms with Crippen LogP contribution in [0, 0.1) is 0 Å². The van der Waals surface area contributed by atoms with Crippen LogP contribution in [0.2, 0.25) is 0 Å². The Hall–Kier alpha value is 0.554. The summed E-state index contributed by atoms with van der Waals surface area (Å²) in [4.78, 5) is 0. The topological polar surface area (TPSA) is 80.9 Å². The number of aliphatic hydroxyl groups is 4. The molecule has 4 N–H and O–H groups in total. The first-order valence-corrected chi connectivity index (χ1v) is 10.3. The van der Waals surface area contributed by atoms with Gasteiger partial charge in [-0.05, 0) is 51.4 Å². The van der Waals surface area contributed by atoms with Crippen LogP contribution in [0.1, 0.15) is 103 Å². The molecule has 0 bridgehead atoms. The van der Waals surface area contributed by atoms with Crippen molar-refractivity contribution in [3.63, 3.8) is 0 Å². The zero-order valence-electron chi connectivity index (χ0n) is 15.9. The van der Waals surface area contributed by atoms with Crippen molar-refractivity contribution in [2.45, 2.75) is 127 Å². The Bertz CT molecular complexity index is 211. The van der Waals surface area contributed by atoms with E-state index in [1.165, 1.54) is 51.4 Å². The Morgan fingerprint density at radius 3 is 0.480 bits per heavy atom. The van der Waals surface area contributed by atoms with Crippen LogP contribution < -0.4 is 0 Å². The maximum Gasteiger partial charge on any atom is 0.0540 e. The van der Waals surface area contributed by atoms with Gasteiger partial charge in [-0.3, -0.25) is 0 Å². The van der Waals surface area contributed by atoms with E-state index in [9.17, 15) is 0 Å². The summed E-state index contributed by atoms with van der Waals surface area (Å²) in [6.07, 6.45) is 18.4. The van der Waals surface area contributed by atoms with Gasteiger partial charge in [0.05, 0.1) is 24.4 Å². The summed E-state index contributed by atoms with van der Waals surface area (Å²) in [7, 11) is 0. The predicted molar refractivity (Wildman–Crippen MR) is 97.9 cm³/mol. The number of rotatable bonds is 0. The number of hydrogen-bond donors (Lipinski definition) is 4. The normalized spacial score (nSPS) is 24.5. The molecule has 0 saturated heterocycles. The summed E-state index contributed by atoms with van der Waals surface area (Å²) < 4.78 is 0. The molecule has 0 unspecified atom stereocenters. The minimum absolute atomic E-state index is 0. The van der Waals surface area contributed by atoms with E-state index in [-0.39, 0.29) is 46.1 Å². The molecule has 4 rings (SSSR count). The van der Waals surface area contributed by atoms with Crippen LogP contribution in [0.15, 0.2) is 0 Å². The molecule has 0 heterocycles. The molecule has 25 heavy (non-hydrogen) atoms. The summed E-state index contributed by atoms with van der Waals surface area (Å²) >= 11 is 0. The van der Waals surface area contributed by atoms with Gasteiger partial charge in [-0.15, -0.1) is 0 Å². The Balaban J connectivity index is 0.000000303. The van der Waals surface area contributed by atoms with Crippen LogP contribution >= 0.6 is 0 Å². The third-order valence-electron chi connectivity index (χ3n) is 5.30. The van der Waals surface area contributed by atoms with Crippen molar-refractivity contribution in [1.82, 2.24) is 0 Å². The van der Waals surface area contributed by atoms with Crippen LogP contribution in [0.25, 0.3) is 0 Å². The van der Waals surface area contributed by atoms with Crippen LogP contribution in [0.3, 0.4) is 0 Å². The second-order valence-corrected chi connectivity index (χ2v) is 7.75. The molecular weight excluding hydrogens is 352 g/mol.